The number of hydrogen-bond acceptors (Lipinski definition) is 8. The number of rotatable bonds is 13. The van der Waals surface area contributed by atoms with Crippen molar-refractivity contribution in [3.05, 3.63) is 66.0 Å². The third-order valence-corrected chi connectivity index (χ3v) is 4.60. The third-order valence-electron chi connectivity index (χ3n) is 4.60. The molecule has 0 N–H and O–H groups in total. The van der Waals surface area contributed by atoms with Gasteiger partial charge in [0.25, 0.3) is 5.89 Å². The highest BCUT2D eigenvalue weighted by molar-refractivity contribution is 5.68. The van der Waals surface area contributed by atoms with E-state index in [0.717, 1.165) is 30.4 Å². The van der Waals surface area contributed by atoms with Crippen molar-refractivity contribution in [3.8, 4) is 17.2 Å². The second kappa shape index (κ2) is 12.6. The van der Waals surface area contributed by atoms with E-state index in [1.807, 2.05) is 61.5 Å². The number of ether oxygens (including phenoxy) is 1. The molecule has 1 aromatic heterocycles. The quantitative estimate of drug-likeness (QED) is 0.268. The number of benzene rings is 2. The maximum absolute atomic E-state index is 11.8. The van der Waals surface area contributed by atoms with Gasteiger partial charge >= 0.3 is 5.97 Å². The Morgan fingerprint density at radius 2 is 1.78 bits per heavy atom. The van der Waals surface area contributed by atoms with E-state index in [9.17, 15) is 4.79 Å². The summed E-state index contributed by atoms with van der Waals surface area (Å²) in [5, 5.41) is 5.17. The van der Waals surface area contributed by atoms with Crippen molar-refractivity contribution < 1.29 is 23.7 Å². The van der Waals surface area contributed by atoms with Gasteiger partial charge in [-0.15, -0.1) is 0 Å². The summed E-state index contributed by atoms with van der Waals surface area (Å²) in [5.74, 6) is 1.33. The van der Waals surface area contributed by atoms with E-state index in [1.54, 1.807) is 0 Å². The summed E-state index contributed by atoms with van der Waals surface area (Å²) in [4.78, 5) is 27.0. The number of carbonyl (C=O) groups is 1. The van der Waals surface area contributed by atoms with E-state index in [2.05, 4.69) is 17.1 Å². The topological polar surface area (TPSA) is 86.9 Å². The number of hydroxylamine groups is 2. The Kier molecular flexibility index (Phi) is 9.21. The molecule has 0 aliphatic rings. The van der Waals surface area contributed by atoms with Crippen LogP contribution < -0.4 is 4.74 Å². The number of aromatic nitrogens is 2. The fraction of sp³-hybridized carbons (Fsp3) is 0.375. The molecule has 0 aliphatic carbocycles. The van der Waals surface area contributed by atoms with Crippen LogP contribution in [0.2, 0.25) is 0 Å². The van der Waals surface area contributed by atoms with Gasteiger partial charge in [0.05, 0.1) is 13.2 Å². The highest BCUT2D eigenvalue weighted by Gasteiger charge is 2.12. The number of nitrogens with zero attached hydrogens (tertiary/aromatic N) is 3. The third kappa shape index (κ3) is 7.47. The van der Waals surface area contributed by atoms with Gasteiger partial charge in [0, 0.05) is 12.0 Å². The highest BCUT2D eigenvalue weighted by Crippen LogP contribution is 2.18. The Morgan fingerprint density at radius 3 is 2.50 bits per heavy atom. The molecule has 0 fully saturated rings. The zero-order valence-electron chi connectivity index (χ0n) is 18.5. The average Bonchev–Trinajstić information content (AvgIpc) is 3.31. The van der Waals surface area contributed by atoms with E-state index < -0.39 is 0 Å². The van der Waals surface area contributed by atoms with Crippen LogP contribution >= 0.6 is 0 Å². The minimum Gasteiger partial charge on any atom is -0.485 e. The summed E-state index contributed by atoms with van der Waals surface area (Å²) < 4.78 is 11.0. The summed E-state index contributed by atoms with van der Waals surface area (Å²) in [5.41, 5.74) is 1.78. The van der Waals surface area contributed by atoms with Crippen molar-refractivity contribution in [1.29, 1.82) is 0 Å². The standard InChI is InChI=1S/C24H29N3O5/c1-3-5-7-12-23(28)32-27(4-2)30-17-19-13-15-21(16-14-19)29-18-22-25-24(31-26-22)20-10-8-6-9-11-20/h6,8-11,13-16H,3-5,7,12,17-18H2,1-2H3. The summed E-state index contributed by atoms with van der Waals surface area (Å²) in [6.45, 7) is 4.87. The minimum atomic E-state index is -0.277. The molecule has 0 saturated heterocycles. The fourth-order valence-corrected chi connectivity index (χ4v) is 2.85. The van der Waals surface area contributed by atoms with Gasteiger partial charge < -0.3 is 14.1 Å². The Balaban J connectivity index is 1.43. The number of carbonyl (C=O) groups excluding carboxylic acids is 1. The van der Waals surface area contributed by atoms with Gasteiger partial charge in [0.15, 0.2) is 6.61 Å². The summed E-state index contributed by atoms with van der Waals surface area (Å²) >= 11 is 0. The van der Waals surface area contributed by atoms with Gasteiger partial charge in [-0.2, -0.15) is 4.98 Å². The molecule has 8 nitrogen and oxygen atoms in total. The van der Waals surface area contributed by atoms with Gasteiger partial charge in [-0.3, -0.25) is 9.63 Å². The maximum atomic E-state index is 11.8. The van der Waals surface area contributed by atoms with Crippen molar-refractivity contribution >= 4 is 5.97 Å². The summed E-state index contributed by atoms with van der Waals surface area (Å²) in [6, 6.07) is 17.0. The Hall–Kier alpha value is -3.23. The first-order chi connectivity index (χ1) is 15.7. The molecule has 0 spiro atoms. The van der Waals surface area contributed by atoms with Crippen molar-refractivity contribution in [1.82, 2.24) is 15.4 Å². The molecule has 3 aromatic rings. The van der Waals surface area contributed by atoms with Crippen LogP contribution in [0.25, 0.3) is 11.5 Å². The first-order valence-corrected chi connectivity index (χ1v) is 10.9. The lowest BCUT2D eigenvalue weighted by molar-refractivity contribution is -0.349. The minimum absolute atomic E-state index is 0.198. The predicted molar refractivity (Wildman–Crippen MR) is 118 cm³/mol. The van der Waals surface area contributed by atoms with Gasteiger partial charge in [0.2, 0.25) is 5.82 Å². The lowest BCUT2D eigenvalue weighted by Gasteiger charge is -2.18. The molecule has 0 bridgehead atoms. The molecule has 170 valence electrons. The first-order valence-electron chi connectivity index (χ1n) is 10.9. The normalized spacial score (nSPS) is 11.0. The zero-order chi connectivity index (χ0) is 22.6. The lowest BCUT2D eigenvalue weighted by Crippen LogP contribution is -2.27. The molecule has 32 heavy (non-hydrogen) atoms. The second-order valence-corrected chi connectivity index (χ2v) is 7.16. The van der Waals surface area contributed by atoms with Crippen LogP contribution in [0.15, 0.2) is 59.1 Å². The Morgan fingerprint density at radius 1 is 1.00 bits per heavy atom. The van der Waals surface area contributed by atoms with E-state index in [1.165, 1.54) is 5.23 Å². The van der Waals surface area contributed by atoms with Crippen molar-refractivity contribution in [2.45, 2.75) is 52.7 Å². The number of hydrogen-bond donors (Lipinski definition) is 0. The van der Waals surface area contributed by atoms with E-state index in [0.29, 0.717) is 30.4 Å². The van der Waals surface area contributed by atoms with E-state index >= 15 is 0 Å². The van der Waals surface area contributed by atoms with Crippen LogP contribution in [0.4, 0.5) is 0 Å². The van der Waals surface area contributed by atoms with Crippen LogP contribution in [-0.4, -0.2) is 27.9 Å². The van der Waals surface area contributed by atoms with E-state index in [4.69, 9.17) is 18.9 Å². The molecule has 3 rings (SSSR count). The summed E-state index contributed by atoms with van der Waals surface area (Å²) in [6.07, 6.45) is 3.29. The average molecular weight is 440 g/mol. The first kappa shape index (κ1) is 23.4. The Bertz CT molecular complexity index is 944. The largest absolute Gasteiger partial charge is 0.485 e. The maximum Gasteiger partial charge on any atom is 0.328 e. The lowest BCUT2D eigenvalue weighted by atomic mass is 10.2. The van der Waals surface area contributed by atoms with Crippen LogP contribution in [0.1, 0.15) is 50.9 Å². The molecule has 0 unspecified atom stereocenters. The molecule has 0 amide bonds. The van der Waals surface area contributed by atoms with Crippen LogP contribution in [0.5, 0.6) is 5.75 Å². The molecule has 0 aliphatic heterocycles. The van der Waals surface area contributed by atoms with Gasteiger partial charge in [0.1, 0.15) is 5.75 Å². The molecular formula is C24H29N3O5. The van der Waals surface area contributed by atoms with Crippen molar-refractivity contribution in [2.24, 2.45) is 0 Å². The SMILES string of the molecule is CCCCCC(=O)ON(CC)OCc1ccc(OCc2noc(-c3ccccc3)n2)cc1. The van der Waals surface area contributed by atoms with Crippen LogP contribution in [-0.2, 0) is 27.7 Å². The smallest absolute Gasteiger partial charge is 0.328 e. The molecule has 2 aromatic carbocycles. The molecule has 8 heteroatoms. The van der Waals surface area contributed by atoms with Crippen molar-refractivity contribution in [3.63, 3.8) is 0 Å². The predicted octanol–water partition coefficient (Wildman–Crippen LogP) is 5.11. The highest BCUT2D eigenvalue weighted by atomic mass is 17.0. The van der Waals surface area contributed by atoms with Crippen LogP contribution in [0, 0.1) is 0 Å². The molecule has 0 saturated carbocycles. The molecule has 0 atom stereocenters. The molecular weight excluding hydrogens is 410 g/mol. The molecule has 0 radical (unpaired) electrons. The molecule has 1 heterocycles. The van der Waals surface area contributed by atoms with Gasteiger partial charge in [-0.25, -0.2) is 0 Å². The van der Waals surface area contributed by atoms with Gasteiger partial charge in [-0.1, -0.05) is 55.3 Å². The second-order valence-electron chi connectivity index (χ2n) is 7.16. The van der Waals surface area contributed by atoms with Crippen LogP contribution in [0.3, 0.4) is 0 Å². The number of unbranched alkanes of at least 4 members (excludes halogenated alkanes) is 2. The monoisotopic (exact) mass is 439 g/mol. The van der Waals surface area contributed by atoms with Crippen molar-refractivity contribution in [2.75, 3.05) is 6.54 Å². The fourth-order valence-electron chi connectivity index (χ4n) is 2.85. The van der Waals surface area contributed by atoms with Gasteiger partial charge in [-0.05, 0) is 48.4 Å². The van der Waals surface area contributed by atoms with E-state index in [-0.39, 0.29) is 19.2 Å². The zero-order valence-corrected chi connectivity index (χ0v) is 18.5. The Labute approximate surface area is 188 Å². The summed E-state index contributed by atoms with van der Waals surface area (Å²) in [7, 11) is 0.